The Bertz CT molecular complexity index is 1200. The molecular formula is C27H28ClN3O3. The summed E-state index contributed by atoms with van der Waals surface area (Å²) in [4.78, 5) is 32.6. The molecule has 0 aliphatic carbocycles. The van der Waals surface area contributed by atoms with E-state index in [1.54, 1.807) is 42.5 Å². The Morgan fingerprint density at radius 1 is 1.06 bits per heavy atom. The highest BCUT2D eigenvalue weighted by atomic mass is 35.5. The molecule has 0 aromatic heterocycles. The topological polar surface area (TPSA) is 71.0 Å². The van der Waals surface area contributed by atoms with Crippen LogP contribution < -0.4 is 10.1 Å². The lowest BCUT2D eigenvalue weighted by atomic mass is 9.97. The van der Waals surface area contributed by atoms with Gasteiger partial charge >= 0.3 is 0 Å². The van der Waals surface area contributed by atoms with Crippen LogP contribution in [-0.2, 0) is 6.42 Å². The van der Waals surface area contributed by atoms with Crippen molar-refractivity contribution in [2.75, 3.05) is 32.6 Å². The van der Waals surface area contributed by atoms with E-state index < -0.39 is 0 Å². The van der Waals surface area contributed by atoms with E-state index in [9.17, 15) is 9.59 Å². The molecule has 1 aliphatic heterocycles. The number of anilines is 1. The molecule has 3 aromatic carbocycles. The second-order valence-corrected chi connectivity index (χ2v) is 8.22. The number of likely N-dealkylation sites (N-methyl/N-ethyl adjacent to an activating group) is 1. The van der Waals surface area contributed by atoms with Gasteiger partial charge in [-0.1, -0.05) is 49.4 Å². The monoisotopic (exact) mass is 477 g/mol. The zero-order chi connectivity index (χ0) is 23.4. The van der Waals surface area contributed by atoms with Gasteiger partial charge in [0.25, 0.3) is 5.91 Å². The van der Waals surface area contributed by atoms with Crippen molar-refractivity contribution in [1.29, 1.82) is 0 Å². The van der Waals surface area contributed by atoms with Gasteiger partial charge in [0, 0.05) is 47.4 Å². The molecule has 34 heavy (non-hydrogen) atoms. The fourth-order valence-electron chi connectivity index (χ4n) is 3.70. The number of amides is 1. The van der Waals surface area contributed by atoms with Crippen molar-refractivity contribution in [1.82, 2.24) is 4.90 Å². The lowest BCUT2D eigenvalue weighted by molar-refractivity contribution is 0.0992. The standard InChI is InChI=1S/C26H24ClN3O3.CH4/c1-30-14-13-28-25(30)18-5-3-17(4-6-18)24(31)15-19-7-12-22(33-2)16-23(19)26(32)29-21-10-8-20(27)9-11-21;/h3-12,16H,13-15H2,1-2H3,(H,29,32);1H4. The quantitative estimate of drug-likeness (QED) is 0.465. The number of nitrogens with zero attached hydrogens (tertiary/aromatic N) is 2. The summed E-state index contributed by atoms with van der Waals surface area (Å²) in [6, 6.07) is 19.4. The third-order valence-corrected chi connectivity index (χ3v) is 5.79. The van der Waals surface area contributed by atoms with Gasteiger partial charge in [0.2, 0.25) is 0 Å². The molecular weight excluding hydrogens is 450 g/mol. The molecule has 7 heteroatoms. The predicted octanol–water partition coefficient (Wildman–Crippen LogP) is 5.35. The number of hydrogen-bond donors (Lipinski definition) is 1. The van der Waals surface area contributed by atoms with Crippen LogP contribution in [-0.4, -0.2) is 49.7 Å². The minimum Gasteiger partial charge on any atom is -0.497 e. The van der Waals surface area contributed by atoms with Crippen molar-refractivity contribution >= 4 is 34.8 Å². The SMILES string of the molecule is C.COc1ccc(CC(=O)c2ccc(C3=NCCN3C)cc2)c(C(=O)Nc2ccc(Cl)cc2)c1. The van der Waals surface area contributed by atoms with Gasteiger partial charge in [0.15, 0.2) is 5.78 Å². The fraction of sp³-hybridized carbons (Fsp3) is 0.222. The summed E-state index contributed by atoms with van der Waals surface area (Å²) in [7, 11) is 3.54. The first kappa shape index (κ1) is 25.0. The fourth-order valence-corrected chi connectivity index (χ4v) is 3.83. The van der Waals surface area contributed by atoms with Crippen LogP contribution in [0.15, 0.2) is 71.7 Å². The summed E-state index contributed by atoms with van der Waals surface area (Å²) >= 11 is 5.92. The first-order valence-electron chi connectivity index (χ1n) is 10.6. The minimum atomic E-state index is -0.323. The highest BCUT2D eigenvalue weighted by Crippen LogP contribution is 2.22. The van der Waals surface area contributed by atoms with E-state index >= 15 is 0 Å². The summed E-state index contributed by atoms with van der Waals surface area (Å²) in [6.45, 7) is 1.68. The Labute approximate surface area is 205 Å². The summed E-state index contributed by atoms with van der Waals surface area (Å²) in [6.07, 6.45) is 0.0908. The Kier molecular flexibility index (Phi) is 8.08. The average molecular weight is 478 g/mol. The van der Waals surface area contributed by atoms with Crippen molar-refractivity contribution in [2.24, 2.45) is 4.99 Å². The molecule has 0 saturated heterocycles. The molecule has 0 bridgehead atoms. The first-order chi connectivity index (χ1) is 15.9. The van der Waals surface area contributed by atoms with Crippen molar-refractivity contribution < 1.29 is 14.3 Å². The van der Waals surface area contributed by atoms with Crippen molar-refractivity contribution in [2.45, 2.75) is 13.8 Å². The molecule has 0 unspecified atom stereocenters. The maximum absolute atomic E-state index is 13.0. The van der Waals surface area contributed by atoms with Crippen LogP contribution in [0, 0.1) is 0 Å². The van der Waals surface area contributed by atoms with E-state index in [0.717, 1.165) is 24.5 Å². The Balaban J connectivity index is 0.00000324. The molecule has 6 nitrogen and oxygen atoms in total. The highest BCUT2D eigenvalue weighted by molar-refractivity contribution is 6.30. The van der Waals surface area contributed by atoms with Gasteiger partial charge < -0.3 is 15.0 Å². The highest BCUT2D eigenvalue weighted by Gasteiger charge is 2.18. The Morgan fingerprint density at radius 3 is 2.38 bits per heavy atom. The molecule has 0 radical (unpaired) electrons. The second-order valence-electron chi connectivity index (χ2n) is 7.79. The van der Waals surface area contributed by atoms with Gasteiger partial charge in [-0.05, 0) is 42.0 Å². The zero-order valence-corrected chi connectivity index (χ0v) is 19.2. The zero-order valence-electron chi connectivity index (χ0n) is 18.5. The third-order valence-electron chi connectivity index (χ3n) is 5.54. The van der Waals surface area contributed by atoms with E-state index in [-0.39, 0.29) is 25.5 Å². The van der Waals surface area contributed by atoms with Gasteiger partial charge in [-0.3, -0.25) is 14.6 Å². The number of benzene rings is 3. The van der Waals surface area contributed by atoms with Crippen LogP contribution in [0.2, 0.25) is 5.02 Å². The van der Waals surface area contributed by atoms with Crippen LogP contribution >= 0.6 is 11.6 Å². The van der Waals surface area contributed by atoms with Gasteiger partial charge in [0.1, 0.15) is 11.6 Å². The third kappa shape index (κ3) is 5.64. The number of halogens is 1. The minimum absolute atomic E-state index is 0. The molecule has 0 saturated carbocycles. The maximum Gasteiger partial charge on any atom is 0.256 e. The number of amidine groups is 1. The van der Waals surface area contributed by atoms with E-state index in [1.165, 1.54) is 7.11 Å². The van der Waals surface area contributed by atoms with Crippen molar-refractivity contribution in [3.8, 4) is 5.75 Å². The van der Waals surface area contributed by atoms with Crippen molar-refractivity contribution in [3.63, 3.8) is 0 Å². The van der Waals surface area contributed by atoms with Crippen molar-refractivity contribution in [3.05, 3.63) is 94.0 Å². The van der Waals surface area contributed by atoms with Crippen LogP contribution in [0.25, 0.3) is 0 Å². The van der Waals surface area contributed by atoms with Crippen LogP contribution in [0.5, 0.6) is 5.75 Å². The number of ether oxygens (including phenoxy) is 1. The summed E-state index contributed by atoms with van der Waals surface area (Å²) in [5.41, 5.74) is 3.19. The number of carbonyl (C=O) groups is 2. The molecule has 1 aliphatic rings. The maximum atomic E-state index is 13.0. The molecule has 176 valence electrons. The van der Waals surface area contributed by atoms with Gasteiger partial charge in [0.05, 0.1) is 13.7 Å². The van der Waals surface area contributed by atoms with Gasteiger partial charge in [-0.2, -0.15) is 0 Å². The molecule has 0 atom stereocenters. The number of nitrogens with one attached hydrogen (secondary N) is 1. The largest absolute Gasteiger partial charge is 0.497 e. The molecule has 1 heterocycles. The molecule has 1 amide bonds. The van der Waals surface area contributed by atoms with Gasteiger partial charge in [-0.25, -0.2) is 0 Å². The summed E-state index contributed by atoms with van der Waals surface area (Å²) in [5, 5.41) is 3.43. The molecule has 4 rings (SSSR count). The number of methoxy groups -OCH3 is 1. The van der Waals surface area contributed by atoms with Gasteiger partial charge in [-0.15, -0.1) is 0 Å². The normalized spacial score (nSPS) is 12.6. The lowest BCUT2D eigenvalue weighted by Crippen LogP contribution is -2.23. The summed E-state index contributed by atoms with van der Waals surface area (Å²) in [5.74, 6) is 1.08. The van der Waals surface area contributed by atoms with E-state index in [2.05, 4.69) is 15.2 Å². The Hall–Kier alpha value is -3.64. The van der Waals surface area contributed by atoms with E-state index in [0.29, 0.717) is 33.1 Å². The number of Topliss-reactive ketones (excluding diaryl/α,β-unsaturated/α-hetero) is 1. The molecule has 3 aromatic rings. The van der Waals surface area contributed by atoms with Crippen LogP contribution in [0.1, 0.15) is 39.3 Å². The van der Waals surface area contributed by atoms with E-state index in [4.69, 9.17) is 16.3 Å². The molecule has 0 fully saturated rings. The Morgan fingerprint density at radius 2 is 1.76 bits per heavy atom. The number of ketones is 1. The second kappa shape index (κ2) is 11.0. The lowest BCUT2D eigenvalue weighted by Gasteiger charge is -2.14. The van der Waals surface area contributed by atoms with Crippen LogP contribution in [0.3, 0.4) is 0 Å². The number of rotatable bonds is 7. The number of aliphatic imine (C=N–C) groups is 1. The first-order valence-corrected chi connectivity index (χ1v) is 11.0. The molecule has 0 spiro atoms. The average Bonchev–Trinajstić information content (AvgIpc) is 3.26. The smallest absolute Gasteiger partial charge is 0.256 e. The number of hydrogen-bond acceptors (Lipinski definition) is 5. The summed E-state index contributed by atoms with van der Waals surface area (Å²) < 4.78 is 5.29. The van der Waals surface area contributed by atoms with E-state index in [1.807, 2.05) is 31.3 Å². The predicted molar refractivity (Wildman–Crippen MR) is 138 cm³/mol. The van der Waals surface area contributed by atoms with Crippen LogP contribution in [0.4, 0.5) is 5.69 Å². The number of carbonyl (C=O) groups excluding carboxylic acids is 2. The molecule has 1 N–H and O–H groups in total.